The van der Waals surface area contributed by atoms with Crippen LogP contribution in [-0.4, -0.2) is 0 Å². The maximum atomic E-state index is 6.03. The summed E-state index contributed by atoms with van der Waals surface area (Å²) in [5, 5.41) is 1.44. The summed E-state index contributed by atoms with van der Waals surface area (Å²) in [5.74, 6) is 0. The van der Waals surface area contributed by atoms with E-state index < -0.39 is 0 Å². The van der Waals surface area contributed by atoms with Gasteiger partial charge in [0.15, 0.2) is 0 Å². The van der Waals surface area contributed by atoms with Crippen molar-refractivity contribution >= 4 is 49.2 Å². The molecule has 0 spiro atoms. The van der Waals surface area contributed by atoms with Crippen molar-refractivity contribution in [3.63, 3.8) is 0 Å². The molecular weight excluding hydrogens is 391 g/mol. The molecule has 0 saturated heterocycles. The first-order chi connectivity index (χ1) is 11.1. The molecule has 0 aromatic heterocycles. The Morgan fingerprint density at radius 3 is 1.43 bits per heavy atom. The van der Waals surface area contributed by atoms with E-state index in [1.807, 2.05) is 66.7 Å². The largest absolute Gasteiger partial charge is 0.0843 e. The van der Waals surface area contributed by atoms with Crippen LogP contribution in [0.5, 0.6) is 0 Å². The Kier molecular flexibility index (Phi) is 5.22. The van der Waals surface area contributed by atoms with E-state index in [9.17, 15) is 0 Å². The summed E-state index contributed by atoms with van der Waals surface area (Å²) in [6.45, 7) is 0. The summed E-state index contributed by atoms with van der Waals surface area (Å²) in [6, 6.07) is 25.9. The lowest BCUT2D eigenvalue weighted by Gasteiger charge is -2.13. The lowest BCUT2D eigenvalue weighted by atomic mass is 9.95. The number of halogens is 3. The van der Waals surface area contributed by atoms with E-state index in [0.717, 1.165) is 36.8 Å². The molecular formula is C20H13BrCl2. The van der Waals surface area contributed by atoms with Crippen molar-refractivity contribution in [3.8, 4) is 0 Å². The van der Waals surface area contributed by atoms with Gasteiger partial charge in [-0.25, -0.2) is 0 Å². The third-order valence-corrected chi connectivity index (χ3v) is 4.87. The fourth-order valence-corrected chi connectivity index (χ4v) is 3.36. The predicted octanol–water partition coefficient (Wildman–Crippen LogP) is 7.30. The van der Waals surface area contributed by atoms with Crippen LogP contribution in [0, 0.1) is 0 Å². The maximum absolute atomic E-state index is 6.03. The average molecular weight is 404 g/mol. The molecule has 0 N–H and O–H groups in total. The zero-order valence-corrected chi connectivity index (χ0v) is 15.2. The zero-order valence-electron chi connectivity index (χ0n) is 12.1. The first-order valence-corrected chi connectivity index (χ1v) is 8.67. The van der Waals surface area contributed by atoms with Gasteiger partial charge >= 0.3 is 0 Å². The van der Waals surface area contributed by atoms with Gasteiger partial charge in [-0.15, -0.1) is 0 Å². The number of rotatable bonds is 3. The van der Waals surface area contributed by atoms with Crippen LogP contribution in [0.1, 0.15) is 16.7 Å². The number of hydrogen-bond donors (Lipinski definition) is 0. The normalized spacial score (nSPS) is 10.4. The van der Waals surface area contributed by atoms with Crippen molar-refractivity contribution < 1.29 is 0 Å². The molecule has 0 radical (unpaired) electrons. The van der Waals surface area contributed by atoms with Crippen molar-refractivity contribution in [3.05, 3.63) is 106 Å². The minimum absolute atomic E-state index is 0.722. The van der Waals surface area contributed by atoms with E-state index in [4.69, 9.17) is 23.2 Å². The van der Waals surface area contributed by atoms with Crippen LogP contribution in [0.4, 0.5) is 0 Å². The molecule has 0 aliphatic carbocycles. The molecule has 0 aliphatic rings. The summed E-state index contributed by atoms with van der Waals surface area (Å²) in [5.41, 5.74) is 4.40. The van der Waals surface area contributed by atoms with Crippen molar-refractivity contribution in [2.24, 2.45) is 0 Å². The fourth-order valence-electron chi connectivity index (χ4n) is 2.38. The molecule has 23 heavy (non-hydrogen) atoms. The Labute approximate surface area is 154 Å². The topological polar surface area (TPSA) is 0 Å². The SMILES string of the molecule is Clc1ccc(C(=C(Br)c2ccccc2)c2ccc(Cl)cc2)cc1. The quantitative estimate of drug-likeness (QED) is 0.402. The standard InChI is InChI=1S/C20H13BrCl2/c21-20(16-4-2-1-3-5-16)19(14-6-10-17(22)11-7-14)15-8-12-18(23)13-9-15/h1-13H. The monoisotopic (exact) mass is 402 g/mol. The second-order valence-corrected chi connectivity index (χ2v) is 6.73. The lowest BCUT2D eigenvalue weighted by Crippen LogP contribution is -1.91. The predicted molar refractivity (Wildman–Crippen MR) is 104 cm³/mol. The van der Waals surface area contributed by atoms with E-state index in [1.54, 1.807) is 0 Å². The zero-order chi connectivity index (χ0) is 16.2. The van der Waals surface area contributed by atoms with E-state index >= 15 is 0 Å². The fraction of sp³-hybridized carbons (Fsp3) is 0. The number of benzene rings is 3. The highest BCUT2D eigenvalue weighted by Gasteiger charge is 2.12. The molecule has 0 nitrogen and oxygen atoms in total. The van der Waals surface area contributed by atoms with Crippen LogP contribution in [0.15, 0.2) is 78.9 Å². The molecule has 0 bridgehead atoms. The first kappa shape index (κ1) is 16.3. The third-order valence-electron chi connectivity index (χ3n) is 3.51. The van der Waals surface area contributed by atoms with Crippen LogP contribution in [0.25, 0.3) is 10.1 Å². The average Bonchev–Trinajstić information content (AvgIpc) is 2.59. The molecule has 0 saturated carbocycles. The van der Waals surface area contributed by atoms with Gasteiger partial charge in [0.25, 0.3) is 0 Å². The maximum Gasteiger partial charge on any atom is 0.0406 e. The van der Waals surface area contributed by atoms with Gasteiger partial charge < -0.3 is 0 Å². The van der Waals surface area contributed by atoms with Crippen molar-refractivity contribution in [1.82, 2.24) is 0 Å². The van der Waals surface area contributed by atoms with Gasteiger partial charge in [0.05, 0.1) is 0 Å². The third kappa shape index (κ3) is 3.87. The van der Waals surface area contributed by atoms with Crippen LogP contribution in [0.3, 0.4) is 0 Å². The molecule has 3 aromatic carbocycles. The summed E-state index contributed by atoms with van der Waals surface area (Å²) in [6.07, 6.45) is 0. The van der Waals surface area contributed by atoms with Crippen LogP contribution < -0.4 is 0 Å². The minimum Gasteiger partial charge on any atom is -0.0843 e. The van der Waals surface area contributed by atoms with Crippen molar-refractivity contribution in [2.45, 2.75) is 0 Å². The highest BCUT2D eigenvalue weighted by atomic mass is 79.9. The minimum atomic E-state index is 0.722. The summed E-state index contributed by atoms with van der Waals surface area (Å²) >= 11 is 15.8. The molecule has 0 amide bonds. The van der Waals surface area contributed by atoms with E-state index in [2.05, 4.69) is 28.1 Å². The van der Waals surface area contributed by atoms with E-state index in [1.165, 1.54) is 0 Å². The highest BCUT2D eigenvalue weighted by Crippen LogP contribution is 2.36. The first-order valence-electron chi connectivity index (χ1n) is 7.12. The number of hydrogen-bond acceptors (Lipinski definition) is 0. The summed E-state index contributed by atoms with van der Waals surface area (Å²) < 4.78 is 1.03. The molecule has 0 unspecified atom stereocenters. The van der Waals surface area contributed by atoms with Crippen LogP contribution in [0.2, 0.25) is 10.0 Å². The van der Waals surface area contributed by atoms with Crippen molar-refractivity contribution in [1.29, 1.82) is 0 Å². The van der Waals surface area contributed by atoms with Gasteiger partial charge in [0.1, 0.15) is 0 Å². The molecule has 0 aliphatic heterocycles. The smallest absolute Gasteiger partial charge is 0.0406 e. The molecule has 3 aromatic rings. The Balaban J connectivity index is 2.21. The summed E-state index contributed by atoms with van der Waals surface area (Å²) in [4.78, 5) is 0. The Bertz CT molecular complexity index is 772. The van der Waals surface area contributed by atoms with E-state index in [-0.39, 0.29) is 0 Å². The lowest BCUT2D eigenvalue weighted by molar-refractivity contribution is 1.55. The van der Waals surface area contributed by atoms with Gasteiger partial charge in [-0.1, -0.05) is 77.8 Å². The molecule has 0 heterocycles. The molecule has 0 atom stereocenters. The molecule has 3 heteroatoms. The summed E-state index contributed by atoms with van der Waals surface area (Å²) in [7, 11) is 0. The Morgan fingerprint density at radius 2 is 1.00 bits per heavy atom. The Morgan fingerprint density at radius 1 is 0.565 bits per heavy atom. The van der Waals surface area contributed by atoms with Gasteiger partial charge in [0, 0.05) is 20.1 Å². The van der Waals surface area contributed by atoms with E-state index in [0.29, 0.717) is 0 Å². The van der Waals surface area contributed by atoms with Crippen LogP contribution >= 0.6 is 39.1 Å². The second kappa shape index (κ2) is 7.35. The highest BCUT2D eigenvalue weighted by molar-refractivity contribution is 9.15. The molecule has 0 fully saturated rings. The molecule has 114 valence electrons. The Hall–Kier alpha value is -1.54. The van der Waals surface area contributed by atoms with Gasteiger partial charge in [-0.3, -0.25) is 0 Å². The van der Waals surface area contributed by atoms with Gasteiger partial charge in [-0.2, -0.15) is 0 Å². The molecule has 3 rings (SSSR count). The van der Waals surface area contributed by atoms with Gasteiger partial charge in [-0.05, 0) is 56.9 Å². The van der Waals surface area contributed by atoms with Crippen molar-refractivity contribution in [2.75, 3.05) is 0 Å². The van der Waals surface area contributed by atoms with Gasteiger partial charge in [0.2, 0.25) is 0 Å². The second-order valence-electron chi connectivity index (χ2n) is 5.07. The van der Waals surface area contributed by atoms with Crippen LogP contribution in [-0.2, 0) is 0 Å².